The summed E-state index contributed by atoms with van der Waals surface area (Å²) in [5, 5.41) is 7.39. The molecule has 0 aromatic carbocycles. The van der Waals surface area contributed by atoms with Gasteiger partial charge in [-0.25, -0.2) is 0 Å². The molecule has 8 heteroatoms. The van der Waals surface area contributed by atoms with Crippen LogP contribution >= 0.6 is 17.0 Å². The van der Waals surface area contributed by atoms with Gasteiger partial charge in [-0.2, -0.15) is 13.2 Å². The Balaban J connectivity index is 0.00000289. The van der Waals surface area contributed by atoms with E-state index in [0.717, 1.165) is 22.9 Å². The number of aromatic nitrogens is 1. The van der Waals surface area contributed by atoms with Crippen molar-refractivity contribution in [1.82, 2.24) is 4.57 Å². The number of hydrogen-bond acceptors (Lipinski definition) is 3. The van der Waals surface area contributed by atoms with Crippen molar-refractivity contribution in [2.45, 2.75) is 19.6 Å². The fourth-order valence-corrected chi connectivity index (χ4v) is 1.19. The molecule has 0 aliphatic rings. The first-order valence-corrected chi connectivity index (χ1v) is 4.82. The van der Waals surface area contributed by atoms with Crippen molar-refractivity contribution in [3.8, 4) is 0 Å². The van der Waals surface area contributed by atoms with Crippen LogP contribution in [-0.2, 0) is 22.3 Å². The standard InChI is InChI=1S/C10H11F3N2O2.BrH/c1-2-17-9(16)6-15-5-7(10(11,12)13)3-4-8(15)14;/h3-5,14H,2,6H2,1H3;1H. The summed E-state index contributed by atoms with van der Waals surface area (Å²) < 4.78 is 42.7. The summed E-state index contributed by atoms with van der Waals surface area (Å²) in [7, 11) is 0. The summed E-state index contributed by atoms with van der Waals surface area (Å²) in [6, 6.07) is 1.78. The molecule has 0 amide bonds. The van der Waals surface area contributed by atoms with Gasteiger partial charge in [-0.15, -0.1) is 17.0 Å². The number of alkyl halides is 3. The molecule has 0 unspecified atom stereocenters. The molecule has 102 valence electrons. The van der Waals surface area contributed by atoms with Crippen LogP contribution in [0.4, 0.5) is 13.2 Å². The van der Waals surface area contributed by atoms with Crippen LogP contribution in [0.3, 0.4) is 0 Å². The minimum absolute atomic E-state index is 0. The molecule has 0 bridgehead atoms. The van der Waals surface area contributed by atoms with E-state index in [2.05, 4.69) is 4.74 Å². The van der Waals surface area contributed by atoms with Crippen LogP contribution < -0.4 is 5.49 Å². The van der Waals surface area contributed by atoms with E-state index in [-0.39, 0.29) is 29.1 Å². The molecule has 0 saturated heterocycles. The molecule has 1 N–H and O–H groups in total. The summed E-state index contributed by atoms with van der Waals surface area (Å²) in [6.07, 6.45) is -3.77. The number of esters is 1. The van der Waals surface area contributed by atoms with E-state index in [1.807, 2.05) is 0 Å². The highest BCUT2D eigenvalue weighted by Gasteiger charge is 2.30. The number of nitrogens with zero attached hydrogens (tertiary/aromatic N) is 1. The van der Waals surface area contributed by atoms with Gasteiger partial charge in [-0.05, 0) is 19.1 Å². The van der Waals surface area contributed by atoms with E-state index < -0.39 is 24.3 Å². The number of carbonyl (C=O) groups is 1. The van der Waals surface area contributed by atoms with Crippen LogP contribution in [0.15, 0.2) is 18.3 Å². The Morgan fingerprint density at radius 1 is 1.44 bits per heavy atom. The molecule has 0 atom stereocenters. The summed E-state index contributed by atoms with van der Waals surface area (Å²) >= 11 is 0. The maximum atomic E-state index is 12.4. The van der Waals surface area contributed by atoms with Crippen molar-refractivity contribution in [2.24, 2.45) is 0 Å². The second kappa shape index (κ2) is 6.58. The average molecular weight is 329 g/mol. The van der Waals surface area contributed by atoms with Gasteiger partial charge in [0.25, 0.3) is 0 Å². The SMILES string of the molecule is Br.CCOC(=O)Cn1cc(C(F)(F)F)ccc1=N. The summed E-state index contributed by atoms with van der Waals surface area (Å²) in [6.45, 7) is 1.33. The Morgan fingerprint density at radius 3 is 2.56 bits per heavy atom. The first-order chi connectivity index (χ1) is 7.84. The number of halogens is 4. The third-order valence-corrected chi connectivity index (χ3v) is 1.96. The zero-order valence-electron chi connectivity index (χ0n) is 9.45. The predicted octanol–water partition coefficient (Wildman–Crippen LogP) is 2.13. The number of nitrogens with one attached hydrogen (secondary N) is 1. The van der Waals surface area contributed by atoms with Gasteiger partial charge in [0.05, 0.1) is 12.2 Å². The minimum atomic E-state index is -4.50. The van der Waals surface area contributed by atoms with Gasteiger partial charge in [0, 0.05) is 6.20 Å². The summed E-state index contributed by atoms with van der Waals surface area (Å²) in [4.78, 5) is 11.1. The molecule has 18 heavy (non-hydrogen) atoms. The highest BCUT2D eigenvalue weighted by atomic mass is 79.9. The second-order valence-corrected chi connectivity index (χ2v) is 3.23. The lowest BCUT2D eigenvalue weighted by Crippen LogP contribution is -2.26. The van der Waals surface area contributed by atoms with Crippen LogP contribution in [0.1, 0.15) is 12.5 Å². The van der Waals surface area contributed by atoms with E-state index in [0.29, 0.717) is 0 Å². The Labute approximate surface area is 112 Å². The van der Waals surface area contributed by atoms with Gasteiger partial charge in [-0.1, -0.05) is 0 Å². The molecule has 0 spiro atoms. The lowest BCUT2D eigenvalue weighted by molar-refractivity contribution is -0.144. The van der Waals surface area contributed by atoms with E-state index in [1.165, 1.54) is 0 Å². The van der Waals surface area contributed by atoms with Crippen LogP contribution in [0, 0.1) is 5.41 Å². The third kappa shape index (κ3) is 4.52. The maximum Gasteiger partial charge on any atom is 0.417 e. The first kappa shape index (κ1) is 16.7. The zero-order chi connectivity index (χ0) is 13.1. The van der Waals surface area contributed by atoms with E-state index in [4.69, 9.17) is 5.41 Å². The van der Waals surface area contributed by atoms with Gasteiger partial charge >= 0.3 is 12.1 Å². The Hall–Kier alpha value is -1.31. The van der Waals surface area contributed by atoms with Crippen LogP contribution in [0.2, 0.25) is 0 Å². The topological polar surface area (TPSA) is 55.1 Å². The lowest BCUT2D eigenvalue weighted by Gasteiger charge is -2.11. The highest BCUT2D eigenvalue weighted by Crippen LogP contribution is 2.27. The Kier molecular flexibility index (Phi) is 6.10. The minimum Gasteiger partial charge on any atom is -0.465 e. The molecule has 0 aliphatic carbocycles. The number of carbonyl (C=O) groups excluding carboxylic acids is 1. The molecule has 0 radical (unpaired) electrons. The maximum absolute atomic E-state index is 12.4. The monoisotopic (exact) mass is 328 g/mol. The van der Waals surface area contributed by atoms with Crippen molar-refractivity contribution in [2.75, 3.05) is 6.61 Å². The number of rotatable bonds is 3. The summed E-state index contributed by atoms with van der Waals surface area (Å²) in [5.74, 6) is -0.676. The molecule has 0 fully saturated rings. The van der Waals surface area contributed by atoms with E-state index in [1.54, 1.807) is 6.92 Å². The van der Waals surface area contributed by atoms with Crippen LogP contribution in [-0.4, -0.2) is 17.1 Å². The second-order valence-electron chi connectivity index (χ2n) is 3.23. The van der Waals surface area contributed by atoms with E-state index >= 15 is 0 Å². The van der Waals surface area contributed by atoms with Crippen molar-refractivity contribution < 1.29 is 22.7 Å². The molecule has 4 nitrogen and oxygen atoms in total. The van der Waals surface area contributed by atoms with Crippen LogP contribution in [0.25, 0.3) is 0 Å². The van der Waals surface area contributed by atoms with Crippen molar-refractivity contribution in [3.63, 3.8) is 0 Å². The van der Waals surface area contributed by atoms with Crippen molar-refractivity contribution in [1.29, 1.82) is 5.41 Å². The highest BCUT2D eigenvalue weighted by molar-refractivity contribution is 8.93. The average Bonchev–Trinajstić information content (AvgIpc) is 2.20. The molecule has 0 aliphatic heterocycles. The number of hydrogen-bond donors (Lipinski definition) is 1. The first-order valence-electron chi connectivity index (χ1n) is 4.82. The molecule has 1 aromatic rings. The lowest BCUT2D eigenvalue weighted by atomic mass is 10.3. The molecule has 1 heterocycles. The zero-order valence-corrected chi connectivity index (χ0v) is 11.2. The van der Waals surface area contributed by atoms with Crippen molar-refractivity contribution in [3.05, 3.63) is 29.4 Å². The van der Waals surface area contributed by atoms with Crippen molar-refractivity contribution >= 4 is 23.0 Å². The van der Waals surface area contributed by atoms with Gasteiger partial charge in [-0.3, -0.25) is 10.2 Å². The molecular formula is C10H12BrF3N2O2. The molecule has 1 rings (SSSR count). The van der Waals surface area contributed by atoms with Gasteiger partial charge in [0.1, 0.15) is 12.0 Å². The predicted molar refractivity (Wildman–Crippen MR) is 62.2 cm³/mol. The fraction of sp³-hybridized carbons (Fsp3) is 0.400. The van der Waals surface area contributed by atoms with Gasteiger partial charge < -0.3 is 9.30 Å². The summed E-state index contributed by atoms with van der Waals surface area (Å²) in [5.41, 5.74) is -1.09. The van der Waals surface area contributed by atoms with Gasteiger partial charge in [0.2, 0.25) is 0 Å². The quantitative estimate of drug-likeness (QED) is 0.864. The normalized spacial score (nSPS) is 10.7. The van der Waals surface area contributed by atoms with Crippen LogP contribution in [0.5, 0.6) is 0 Å². The third-order valence-electron chi connectivity index (χ3n) is 1.96. The number of pyridine rings is 1. The van der Waals surface area contributed by atoms with E-state index in [9.17, 15) is 18.0 Å². The molecule has 0 saturated carbocycles. The Morgan fingerprint density at radius 2 is 2.06 bits per heavy atom. The van der Waals surface area contributed by atoms with Gasteiger partial charge in [0.15, 0.2) is 0 Å². The Bertz CT molecular complexity index is 471. The largest absolute Gasteiger partial charge is 0.465 e. The number of ether oxygens (including phenoxy) is 1. The molecule has 1 aromatic heterocycles. The fourth-order valence-electron chi connectivity index (χ4n) is 1.19. The smallest absolute Gasteiger partial charge is 0.417 e. The molecular weight excluding hydrogens is 317 g/mol.